The fraction of sp³-hybridized carbons (Fsp3) is 0.0556. The Kier molecular flexibility index (Phi) is 4.10. The van der Waals surface area contributed by atoms with Crippen molar-refractivity contribution in [2.24, 2.45) is 0 Å². The molecule has 7 heteroatoms. The number of nitrogen functional groups attached to an aromatic ring is 1. The molecule has 0 aliphatic carbocycles. The van der Waals surface area contributed by atoms with Gasteiger partial charge in [0.2, 0.25) is 0 Å². The van der Waals surface area contributed by atoms with E-state index in [-0.39, 0.29) is 0 Å². The largest absolute Gasteiger partial charge is 0.382 e. The van der Waals surface area contributed by atoms with E-state index in [9.17, 15) is 0 Å². The van der Waals surface area contributed by atoms with Gasteiger partial charge in [-0.2, -0.15) is 4.68 Å². The summed E-state index contributed by atoms with van der Waals surface area (Å²) in [5, 5.41) is 11.2. The van der Waals surface area contributed by atoms with Crippen molar-refractivity contribution in [2.75, 3.05) is 5.73 Å². The normalized spacial score (nSPS) is 11.0. The predicted molar refractivity (Wildman–Crippen MR) is 105 cm³/mol. The fourth-order valence-electron chi connectivity index (χ4n) is 2.48. The van der Waals surface area contributed by atoms with E-state index >= 15 is 0 Å². The Labute approximate surface area is 157 Å². The van der Waals surface area contributed by atoms with E-state index in [1.54, 1.807) is 4.68 Å². The molecule has 0 saturated carbocycles. The van der Waals surface area contributed by atoms with E-state index < -0.39 is 0 Å². The Morgan fingerprint density at radius 2 is 1.84 bits per heavy atom. The summed E-state index contributed by atoms with van der Waals surface area (Å²) >= 11 is 5.03. The van der Waals surface area contributed by atoms with Crippen LogP contribution in [-0.4, -0.2) is 20.0 Å². The van der Waals surface area contributed by atoms with Gasteiger partial charge in [0.1, 0.15) is 5.01 Å². The van der Waals surface area contributed by atoms with Crippen LogP contribution in [0.4, 0.5) is 5.82 Å². The van der Waals surface area contributed by atoms with E-state index in [1.165, 1.54) is 16.9 Å². The molecule has 4 rings (SSSR count). The van der Waals surface area contributed by atoms with Crippen LogP contribution < -0.4 is 5.73 Å². The second-order valence-electron chi connectivity index (χ2n) is 5.59. The van der Waals surface area contributed by atoms with E-state index in [0.717, 1.165) is 26.4 Å². The second-order valence-corrected chi connectivity index (χ2v) is 7.30. The molecule has 25 heavy (non-hydrogen) atoms. The van der Waals surface area contributed by atoms with Gasteiger partial charge >= 0.3 is 0 Å². The van der Waals surface area contributed by atoms with E-state index in [0.29, 0.717) is 11.5 Å². The Hall–Kier alpha value is -2.51. The maximum atomic E-state index is 6.29. The summed E-state index contributed by atoms with van der Waals surface area (Å²) in [6.45, 7) is 2.07. The van der Waals surface area contributed by atoms with Gasteiger partial charge < -0.3 is 5.73 Å². The van der Waals surface area contributed by atoms with Crippen molar-refractivity contribution in [3.05, 3.63) is 63.9 Å². The zero-order chi connectivity index (χ0) is 17.4. The number of benzene rings is 2. The smallest absolute Gasteiger partial charge is 0.165 e. The van der Waals surface area contributed by atoms with Crippen molar-refractivity contribution < 1.29 is 0 Å². The molecule has 5 nitrogen and oxygen atoms in total. The number of nitrogens with zero attached hydrogens (tertiary/aromatic N) is 4. The molecule has 0 spiro atoms. The van der Waals surface area contributed by atoms with Gasteiger partial charge in [-0.05, 0) is 35.0 Å². The molecule has 124 valence electrons. The summed E-state index contributed by atoms with van der Waals surface area (Å²) in [5.74, 6) is 0.469. The minimum Gasteiger partial charge on any atom is -0.382 e. The first kappa shape index (κ1) is 16.0. The van der Waals surface area contributed by atoms with Gasteiger partial charge in [-0.15, -0.1) is 16.4 Å². The standard InChI is InChI=1S/C18H14BrN5S/c1-11-6-8-12(9-7-11)14-10-25-18(21-14)16-17(20)24(23-22-16)15-5-3-2-4-13(15)19/h2-10H,20H2,1H3. The fourth-order valence-corrected chi connectivity index (χ4v) is 3.76. The number of nitrogens with two attached hydrogens (primary N) is 1. The van der Waals surface area contributed by atoms with Crippen LogP contribution in [0.1, 0.15) is 5.56 Å². The molecule has 0 amide bonds. The van der Waals surface area contributed by atoms with Crippen LogP contribution in [0.5, 0.6) is 0 Å². The lowest BCUT2D eigenvalue weighted by atomic mass is 10.1. The molecule has 4 aromatic rings. The van der Waals surface area contributed by atoms with Gasteiger partial charge in [-0.1, -0.05) is 47.2 Å². The summed E-state index contributed by atoms with van der Waals surface area (Å²) in [6.07, 6.45) is 0. The lowest BCUT2D eigenvalue weighted by Gasteiger charge is -2.04. The number of aromatic nitrogens is 4. The van der Waals surface area contributed by atoms with E-state index in [1.807, 2.05) is 29.6 Å². The van der Waals surface area contributed by atoms with Gasteiger partial charge in [0.05, 0.1) is 11.4 Å². The Balaban J connectivity index is 1.72. The lowest BCUT2D eigenvalue weighted by Crippen LogP contribution is -2.03. The molecule has 0 aliphatic heterocycles. The SMILES string of the molecule is Cc1ccc(-c2csc(-c3nnn(-c4ccccc4Br)c3N)n2)cc1. The predicted octanol–water partition coefficient (Wildman–Crippen LogP) is 4.71. The number of aryl methyl sites for hydroxylation is 1. The molecule has 0 bridgehead atoms. The Morgan fingerprint density at radius 1 is 1.08 bits per heavy atom. The number of anilines is 1. The molecule has 2 aromatic carbocycles. The van der Waals surface area contributed by atoms with Crippen LogP contribution in [0.15, 0.2) is 58.4 Å². The van der Waals surface area contributed by atoms with Crippen molar-refractivity contribution in [3.8, 4) is 27.6 Å². The third kappa shape index (κ3) is 2.96. The molecule has 0 saturated heterocycles. The first-order chi connectivity index (χ1) is 12.1. The average Bonchev–Trinajstić information content (AvgIpc) is 3.23. The average molecular weight is 412 g/mol. The summed E-state index contributed by atoms with van der Waals surface area (Å²) in [6, 6.07) is 16.0. The molecular weight excluding hydrogens is 398 g/mol. The van der Waals surface area contributed by atoms with Crippen LogP contribution in [0, 0.1) is 6.92 Å². The highest BCUT2D eigenvalue weighted by molar-refractivity contribution is 9.10. The van der Waals surface area contributed by atoms with Gasteiger partial charge in [0.25, 0.3) is 0 Å². The van der Waals surface area contributed by atoms with Crippen LogP contribution in [0.2, 0.25) is 0 Å². The van der Waals surface area contributed by atoms with Crippen molar-refractivity contribution in [1.29, 1.82) is 0 Å². The Bertz CT molecular complexity index is 1040. The molecule has 0 aliphatic rings. The molecule has 2 aromatic heterocycles. The first-order valence-electron chi connectivity index (χ1n) is 7.62. The molecule has 2 heterocycles. The quantitative estimate of drug-likeness (QED) is 0.529. The van der Waals surface area contributed by atoms with Gasteiger partial charge in [-0.25, -0.2) is 4.98 Å². The van der Waals surface area contributed by atoms with Crippen molar-refractivity contribution in [2.45, 2.75) is 6.92 Å². The third-order valence-electron chi connectivity index (χ3n) is 3.84. The summed E-state index contributed by atoms with van der Waals surface area (Å²) in [5.41, 5.74) is 10.9. The third-order valence-corrected chi connectivity index (χ3v) is 5.36. The highest BCUT2D eigenvalue weighted by atomic mass is 79.9. The van der Waals surface area contributed by atoms with Crippen LogP contribution >= 0.6 is 27.3 Å². The maximum absolute atomic E-state index is 6.29. The van der Waals surface area contributed by atoms with Gasteiger partial charge in [0, 0.05) is 15.4 Å². The maximum Gasteiger partial charge on any atom is 0.165 e. The van der Waals surface area contributed by atoms with Crippen molar-refractivity contribution in [1.82, 2.24) is 20.0 Å². The number of hydrogen-bond acceptors (Lipinski definition) is 5. The summed E-state index contributed by atoms with van der Waals surface area (Å²) < 4.78 is 2.52. The molecule has 0 radical (unpaired) electrons. The second kappa shape index (κ2) is 6.42. The van der Waals surface area contributed by atoms with Crippen molar-refractivity contribution >= 4 is 33.1 Å². The molecule has 0 atom stereocenters. The van der Waals surface area contributed by atoms with Gasteiger partial charge in [-0.3, -0.25) is 0 Å². The number of thiazole rings is 1. The minimum absolute atomic E-state index is 0.469. The van der Waals surface area contributed by atoms with Crippen LogP contribution in [-0.2, 0) is 0 Å². The minimum atomic E-state index is 0.469. The topological polar surface area (TPSA) is 69.6 Å². The number of halogens is 1. The molecule has 2 N–H and O–H groups in total. The highest BCUT2D eigenvalue weighted by Crippen LogP contribution is 2.32. The highest BCUT2D eigenvalue weighted by Gasteiger charge is 2.17. The first-order valence-corrected chi connectivity index (χ1v) is 9.30. The molecule has 0 fully saturated rings. The van der Waals surface area contributed by atoms with Crippen molar-refractivity contribution in [3.63, 3.8) is 0 Å². The van der Waals surface area contributed by atoms with Gasteiger partial charge in [0.15, 0.2) is 11.5 Å². The van der Waals surface area contributed by atoms with Crippen LogP contribution in [0.25, 0.3) is 27.6 Å². The van der Waals surface area contributed by atoms with Crippen LogP contribution in [0.3, 0.4) is 0 Å². The number of hydrogen-bond donors (Lipinski definition) is 1. The number of para-hydroxylation sites is 1. The number of rotatable bonds is 3. The lowest BCUT2D eigenvalue weighted by molar-refractivity contribution is 0.807. The summed E-state index contributed by atoms with van der Waals surface area (Å²) in [7, 11) is 0. The summed E-state index contributed by atoms with van der Waals surface area (Å²) in [4.78, 5) is 4.68. The molecular formula is C18H14BrN5S. The zero-order valence-corrected chi connectivity index (χ0v) is 15.8. The van der Waals surface area contributed by atoms with E-state index in [2.05, 4.69) is 62.4 Å². The Morgan fingerprint density at radius 3 is 2.60 bits per heavy atom. The zero-order valence-electron chi connectivity index (χ0n) is 13.3. The monoisotopic (exact) mass is 411 g/mol. The van der Waals surface area contributed by atoms with E-state index in [4.69, 9.17) is 5.73 Å². The molecule has 0 unspecified atom stereocenters.